The molecular weight excluding hydrogens is 243 g/mol. The first kappa shape index (κ1) is 11.6. The summed E-state index contributed by atoms with van der Waals surface area (Å²) in [6.45, 7) is 0. The molecule has 0 aliphatic carbocycles. The Labute approximate surface area is 101 Å². The van der Waals surface area contributed by atoms with Crippen LogP contribution in [0.1, 0.15) is 0 Å². The Bertz CT molecular complexity index is 486. The second-order valence-electron chi connectivity index (χ2n) is 3.15. The average molecular weight is 252 g/mol. The Hall–Kier alpha value is -1.89. The summed E-state index contributed by atoms with van der Waals surface area (Å²) < 4.78 is 12.6. The molecule has 1 aromatic carbocycles. The largest absolute Gasteiger partial charge is 0.325 e. The van der Waals surface area contributed by atoms with Crippen LogP contribution in [0.15, 0.2) is 35.5 Å². The number of rotatable bonds is 4. The monoisotopic (exact) mass is 252 g/mol. The van der Waals surface area contributed by atoms with Crippen LogP contribution in [-0.2, 0) is 4.79 Å². The van der Waals surface area contributed by atoms with Gasteiger partial charge in [0.1, 0.15) is 10.8 Å². The highest BCUT2D eigenvalue weighted by atomic mass is 32.2. The zero-order chi connectivity index (χ0) is 12.1. The van der Waals surface area contributed by atoms with Gasteiger partial charge in [0.15, 0.2) is 0 Å². The number of nitrogens with zero attached hydrogens (tertiary/aromatic N) is 2. The van der Waals surface area contributed by atoms with Crippen LogP contribution in [0.5, 0.6) is 0 Å². The molecule has 7 heteroatoms. The summed E-state index contributed by atoms with van der Waals surface area (Å²) in [4.78, 5) is 11.5. The van der Waals surface area contributed by atoms with Crippen molar-refractivity contribution in [2.75, 3.05) is 11.1 Å². The van der Waals surface area contributed by atoms with E-state index in [9.17, 15) is 9.18 Å². The first-order valence-electron chi connectivity index (χ1n) is 4.78. The van der Waals surface area contributed by atoms with Crippen molar-refractivity contribution in [1.82, 2.24) is 15.4 Å². The molecule has 0 spiro atoms. The number of amides is 1. The average Bonchev–Trinajstić information content (AvgIpc) is 2.83. The lowest BCUT2D eigenvalue weighted by Crippen LogP contribution is -2.13. The van der Waals surface area contributed by atoms with Gasteiger partial charge in [0.2, 0.25) is 5.91 Å². The summed E-state index contributed by atoms with van der Waals surface area (Å²) in [5, 5.41) is 13.2. The molecule has 88 valence electrons. The molecule has 0 unspecified atom stereocenters. The van der Waals surface area contributed by atoms with Crippen LogP contribution in [0.4, 0.5) is 10.1 Å². The van der Waals surface area contributed by atoms with Crippen LogP contribution in [0, 0.1) is 5.82 Å². The van der Waals surface area contributed by atoms with E-state index in [0.717, 1.165) is 0 Å². The number of anilines is 1. The SMILES string of the molecule is O=C(CSc1cn[nH]n1)Nc1ccc(F)cc1. The van der Waals surface area contributed by atoms with Crippen molar-refractivity contribution in [3.05, 3.63) is 36.3 Å². The Balaban J connectivity index is 1.83. The van der Waals surface area contributed by atoms with Crippen LogP contribution in [0.2, 0.25) is 0 Å². The van der Waals surface area contributed by atoms with Gasteiger partial charge in [0.05, 0.1) is 11.9 Å². The minimum Gasteiger partial charge on any atom is -0.325 e. The fourth-order valence-electron chi connectivity index (χ4n) is 1.13. The minimum absolute atomic E-state index is 0.176. The normalized spacial score (nSPS) is 10.2. The van der Waals surface area contributed by atoms with Crippen LogP contribution < -0.4 is 5.32 Å². The van der Waals surface area contributed by atoms with E-state index in [0.29, 0.717) is 10.7 Å². The second kappa shape index (κ2) is 5.44. The molecule has 0 saturated carbocycles. The summed E-state index contributed by atoms with van der Waals surface area (Å²) in [5.41, 5.74) is 0.567. The zero-order valence-corrected chi connectivity index (χ0v) is 9.50. The number of nitrogens with one attached hydrogen (secondary N) is 2. The van der Waals surface area contributed by atoms with Gasteiger partial charge in [-0.15, -0.1) is 5.10 Å². The van der Waals surface area contributed by atoms with E-state index < -0.39 is 0 Å². The first-order chi connectivity index (χ1) is 8.24. The third-order valence-corrected chi connectivity index (χ3v) is 2.77. The Morgan fingerprint density at radius 2 is 2.18 bits per heavy atom. The van der Waals surface area contributed by atoms with Gasteiger partial charge in [0.25, 0.3) is 0 Å². The lowest BCUT2D eigenvalue weighted by Gasteiger charge is -2.03. The summed E-state index contributed by atoms with van der Waals surface area (Å²) in [6, 6.07) is 5.60. The predicted octanol–water partition coefficient (Wildman–Crippen LogP) is 1.67. The maximum atomic E-state index is 12.6. The number of carbonyl (C=O) groups is 1. The van der Waals surface area contributed by atoms with Gasteiger partial charge >= 0.3 is 0 Å². The fraction of sp³-hybridized carbons (Fsp3) is 0.100. The molecule has 0 bridgehead atoms. The number of aromatic nitrogens is 3. The third kappa shape index (κ3) is 3.56. The highest BCUT2D eigenvalue weighted by molar-refractivity contribution is 7.99. The van der Waals surface area contributed by atoms with Crippen molar-refractivity contribution >= 4 is 23.4 Å². The van der Waals surface area contributed by atoms with E-state index >= 15 is 0 Å². The van der Waals surface area contributed by atoms with Gasteiger partial charge in [-0.05, 0) is 24.3 Å². The molecule has 0 radical (unpaired) electrons. The van der Waals surface area contributed by atoms with Crippen LogP contribution in [0.25, 0.3) is 0 Å². The molecule has 0 aliphatic rings. The molecule has 1 heterocycles. The van der Waals surface area contributed by atoms with Crippen LogP contribution in [0.3, 0.4) is 0 Å². The van der Waals surface area contributed by atoms with Crippen molar-refractivity contribution in [3.8, 4) is 0 Å². The molecule has 5 nitrogen and oxygen atoms in total. The van der Waals surface area contributed by atoms with Gasteiger partial charge in [-0.25, -0.2) is 4.39 Å². The maximum absolute atomic E-state index is 12.6. The third-order valence-electron chi connectivity index (χ3n) is 1.87. The molecule has 1 aromatic heterocycles. The highest BCUT2D eigenvalue weighted by Gasteiger charge is 2.05. The molecule has 0 fully saturated rings. The first-order valence-corrected chi connectivity index (χ1v) is 5.76. The smallest absolute Gasteiger partial charge is 0.234 e. The number of benzene rings is 1. The number of hydrogen-bond donors (Lipinski definition) is 2. The molecule has 17 heavy (non-hydrogen) atoms. The van der Waals surface area contributed by atoms with Crippen LogP contribution >= 0.6 is 11.8 Å². The number of thioether (sulfide) groups is 1. The number of aromatic amines is 1. The number of hydrogen-bond acceptors (Lipinski definition) is 4. The Morgan fingerprint density at radius 1 is 1.41 bits per heavy atom. The van der Waals surface area contributed by atoms with E-state index in [1.54, 1.807) is 0 Å². The standard InChI is InChI=1S/C10H9FN4OS/c11-7-1-3-8(4-2-7)13-9(16)6-17-10-5-12-15-14-10/h1-5H,6H2,(H,13,16)(H,12,14,15). The number of halogens is 1. The van der Waals surface area contributed by atoms with Gasteiger partial charge < -0.3 is 5.32 Å². The molecule has 2 rings (SSSR count). The summed E-state index contributed by atoms with van der Waals surface area (Å²) in [6.07, 6.45) is 1.54. The van der Waals surface area contributed by atoms with E-state index in [4.69, 9.17) is 0 Å². The van der Waals surface area contributed by atoms with Gasteiger partial charge in [-0.2, -0.15) is 10.3 Å². The predicted molar refractivity (Wildman–Crippen MR) is 62.1 cm³/mol. The van der Waals surface area contributed by atoms with Gasteiger partial charge in [0, 0.05) is 5.69 Å². The second-order valence-corrected chi connectivity index (χ2v) is 4.15. The van der Waals surface area contributed by atoms with E-state index in [-0.39, 0.29) is 17.5 Å². The van der Waals surface area contributed by atoms with E-state index in [1.165, 1.54) is 42.2 Å². The topological polar surface area (TPSA) is 70.7 Å². The highest BCUT2D eigenvalue weighted by Crippen LogP contribution is 2.14. The fourth-order valence-corrected chi connectivity index (χ4v) is 1.71. The van der Waals surface area contributed by atoms with Crippen molar-refractivity contribution in [2.24, 2.45) is 0 Å². The molecule has 2 N–H and O–H groups in total. The Kier molecular flexibility index (Phi) is 3.71. The van der Waals surface area contributed by atoms with Gasteiger partial charge in [-0.1, -0.05) is 11.8 Å². The molecular formula is C10H9FN4OS. The van der Waals surface area contributed by atoms with Crippen molar-refractivity contribution in [1.29, 1.82) is 0 Å². The van der Waals surface area contributed by atoms with Crippen molar-refractivity contribution in [3.63, 3.8) is 0 Å². The van der Waals surface area contributed by atoms with Crippen molar-refractivity contribution < 1.29 is 9.18 Å². The van der Waals surface area contributed by atoms with E-state index in [1.807, 2.05) is 0 Å². The van der Waals surface area contributed by atoms with Gasteiger partial charge in [-0.3, -0.25) is 4.79 Å². The zero-order valence-electron chi connectivity index (χ0n) is 8.68. The molecule has 1 amide bonds. The summed E-state index contributed by atoms with van der Waals surface area (Å²) >= 11 is 1.27. The Morgan fingerprint density at radius 3 is 2.82 bits per heavy atom. The quantitative estimate of drug-likeness (QED) is 0.812. The number of H-pyrrole nitrogens is 1. The summed E-state index contributed by atoms with van der Waals surface area (Å²) in [5.74, 6) is -0.284. The lowest BCUT2D eigenvalue weighted by atomic mass is 10.3. The number of carbonyl (C=O) groups excluding carboxylic acids is 1. The molecule has 2 aromatic rings. The summed E-state index contributed by atoms with van der Waals surface area (Å²) in [7, 11) is 0. The molecule has 0 aliphatic heterocycles. The lowest BCUT2D eigenvalue weighted by molar-refractivity contribution is -0.113. The maximum Gasteiger partial charge on any atom is 0.234 e. The van der Waals surface area contributed by atoms with Crippen LogP contribution in [-0.4, -0.2) is 27.1 Å². The van der Waals surface area contributed by atoms with Crippen molar-refractivity contribution in [2.45, 2.75) is 5.03 Å². The molecule has 0 atom stereocenters. The molecule has 0 saturated heterocycles. The minimum atomic E-state index is -0.333. The van der Waals surface area contributed by atoms with E-state index in [2.05, 4.69) is 20.7 Å².